The molecule has 0 amide bonds. The molecule has 0 N–H and O–H groups in total. The van der Waals surface area contributed by atoms with Crippen LogP contribution in [0.5, 0.6) is 11.6 Å². The van der Waals surface area contributed by atoms with Crippen molar-refractivity contribution >= 4 is 17.0 Å². The first-order chi connectivity index (χ1) is 12.3. The predicted octanol–water partition coefficient (Wildman–Crippen LogP) is 3.49. The summed E-state index contributed by atoms with van der Waals surface area (Å²) in [7, 11) is 1.80. The normalized spacial score (nSPS) is 11.0. The number of ether oxygens (including phenoxy) is 2. The van der Waals surface area contributed by atoms with Crippen LogP contribution in [0, 0.1) is 34.6 Å². The van der Waals surface area contributed by atoms with Crippen molar-refractivity contribution in [2.24, 2.45) is 7.05 Å². The maximum absolute atomic E-state index is 12.3. The van der Waals surface area contributed by atoms with Gasteiger partial charge in [-0.15, -0.1) is 5.10 Å². The van der Waals surface area contributed by atoms with Crippen LogP contribution in [0.2, 0.25) is 0 Å². The summed E-state index contributed by atoms with van der Waals surface area (Å²) in [5.74, 6) is 0.526. The van der Waals surface area contributed by atoms with Crippen LogP contribution in [0.4, 0.5) is 0 Å². The molecule has 0 fully saturated rings. The van der Waals surface area contributed by atoms with Gasteiger partial charge >= 0.3 is 5.97 Å². The van der Waals surface area contributed by atoms with E-state index in [9.17, 15) is 4.79 Å². The molecule has 0 saturated carbocycles. The molecule has 0 atom stereocenters. The Morgan fingerprint density at radius 3 is 2.50 bits per heavy atom. The van der Waals surface area contributed by atoms with E-state index < -0.39 is 5.97 Å². The molecule has 0 spiro atoms. The fourth-order valence-corrected chi connectivity index (χ4v) is 3.00. The van der Waals surface area contributed by atoms with Crippen LogP contribution in [0.15, 0.2) is 18.2 Å². The van der Waals surface area contributed by atoms with Gasteiger partial charge in [-0.05, 0) is 62.9 Å². The zero-order valence-corrected chi connectivity index (χ0v) is 16.0. The highest BCUT2D eigenvalue weighted by atomic mass is 16.6. The van der Waals surface area contributed by atoms with E-state index in [0.29, 0.717) is 11.6 Å². The van der Waals surface area contributed by atoms with Crippen molar-refractivity contribution in [2.75, 3.05) is 6.61 Å². The van der Waals surface area contributed by atoms with Crippen molar-refractivity contribution in [1.82, 2.24) is 14.8 Å². The monoisotopic (exact) mass is 353 g/mol. The van der Waals surface area contributed by atoms with Crippen molar-refractivity contribution in [3.05, 3.63) is 46.1 Å². The molecule has 3 aromatic rings. The van der Waals surface area contributed by atoms with Gasteiger partial charge in [0.15, 0.2) is 12.3 Å². The molecule has 26 heavy (non-hydrogen) atoms. The largest absolute Gasteiger partial charge is 0.464 e. The van der Waals surface area contributed by atoms with Gasteiger partial charge in [-0.2, -0.15) is 0 Å². The Balaban J connectivity index is 1.79. The number of hydrogen-bond acceptors (Lipinski definition) is 5. The molecule has 136 valence electrons. The molecule has 0 saturated heterocycles. The lowest BCUT2D eigenvalue weighted by molar-refractivity contribution is -0.136. The molecule has 1 aromatic carbocycles. The first-order valence-electron chi connectivity index (χ1n) is 8.49. The number of aromatic nitrogens is 3. The predicted molar refractivity (Wildman–Crippen MR) is 99.8 cm³/mol. The maximum Gasteiger partial charge on any atom is 0.349 e. The van der Waals surface area contributed by atoms with Crippen LogP contribution < -0.4 is 9.47 Å². The molecule has 0 aliphatic heterocycles. The highest BCUT2D eigenvalue weighted by Gasteiger charge is 2.17. The summed E-state index contributed by atoms with van der Waals surface area (Å²) < 4.78 is 12.8. The smallest absolute Gasteiger partial charge is 0.349 e. The molecule has 0 bridgehead atoms. The van der Waals surface area contributed by atoms with E-state index in [2.05, 4.69) is 10.1 Å². The number of carbonyl (C=O) groups excluding carboxylic acids is 1. The quantitative estimate of drug-likeness (QED) is 0.530. The third kappa shape index (κ3) is 3.27. The van der Waals surface area contributed by atoms with E-state index in [1.807, 2.05) is 52.8 Å². The van der Waals surface area contributed by atoms with Crippen LogP contribution in [0.1, 0.15) is 27.9 Å². The second-order valence-corrected chi connectivity index (χ2v) is 6.62. The zero-order chi connectivity index (χ0) is 19.0. The lowest BCUT2D eigenvalue weighted by atomic mass is 10.1. The molecular formula is C20H23N3O3. The van der Waals surface area contributed by atoms with Gasteiger partial charge in [0, 0.05) is 12.7 Å². The van der Waals surface area contributed by atoms with Crippen molar-refractivity contribution in [2.45, 2.75) is 34.6 Å². The lowest BCUT2D eigenvalue weighted by Crippen LogP contribution is -2.19. The molecule has 0 aliphatic rings. The number of esters is 1. The molecule has 6 nitrogen and oxygen atoms in total. The third-order valence-electron chi connectivity index (χ3n) is 4.50. The second kappa shape index (κ2) is 6.78. The molecule has 2 heterocycles. The van der Waals surface area contributed by atoms with E-state index in [1.165, 1.54) is 0 Å². The summed E-state index contributed by atoms with van der Waals surface area (Å²) >= 11 is 0. The van der Waals surface area contributed by atoms with E-state index in [-0.39, 0.29) is 6.61 Å². The summed E-state index contributed by atoms with van der Waals surface area (Å²) in [5.41, 5.74) is 5.60. The minimum absolute atomic E-state index is 0.216. The van der Waals surface area contributed by atoms with Gasteiger partial charge in [-0.1, -0.05) is 12.1 Å². The van der Waals surface area contributed by atoms with Crippen molar-refractivity contribution in [3.8, 4) is 11.6 Å². The number of carbonyl (C=O) groups is 1. The van der Waals surface area contributed by atoms with Crippen molar-refractivity contribution in [1.29, 1.82) is 0 Å². The van der Waals surface area contributed by atoms with Gasteiger partial charge in [0.2, 0.25) is 5.88 Å². The topological polar surface area (TPSA) is 66.2 Å². The Hall–Kier alpha value is -2.89. The maximum atomic E-state index is 12.3. The van der Waals surface area contributed by atoms with Crippen LogP contribution in [0.3, 0.4) is 0 Å². The lowest BCUT2D eigenvalue weighted by Gasteiger charge is -2.12. The Morgan fingerprint density at radius 2 is 1.77 bits per heavy atom. The van der Waals surface area contributed by atoms with Gasteiger partial charge < -0.3 is 9.47 Å². The van der Waals surface area contributed by atoms with Gasteiger partial charge in [0.25, 0.3) is 0 Å². The number of aryl methyl sites for hydroxylation is 5. The van der Waals surface area contributed by atoms with E-state index in [0.717, 1.165) is 39.0 Å². The Morgan fingerprint density at radius 1 is 1.08 bits per heavy atom. The first-order valence-corrected chi connectivity index (χ1v) is 8.49. The number of rotatable bonds is 4. The molecule has 3 rings (SSSR count). The summed E-state index contributed by atoms with van der Waals surface area (Å²) in [6, 6.07) is 5.92. The SMILES string of the molecule is Cc1cc(C)c2c(OCC(=O)Oc3c(C)ccc(C)c3C)nn(C)c2n1. The fourth-order valence-electron chi connectivity index (χ4n) is 3.00. The standard InChI is InChI=1S/C20H23N3O3/c1-11-7-8-12(2)18(15(11)5)26-16(24)10-25-20-17-13(3)9-14(4)21-19(17)23(6)22-20/h7-9H,10H2,1-6H3. The number of fused-ring (bicyclic) bond motifs is 1. The van der Waals surface area contributed by atoms with Crippen molar-refractivity contribution < 1.29 is 14.3 Å². The Labute approximate surface area is 152 Å². The zero-order valence-electron chi connectivity index (χ0n) is 16.0. The fraction of sp³-hybridized carbons (Fsp3) is 0.350. The van der Waals surface area contributed by atoms with E-state index in [4.69, 9.17) is 9.47 Å². The second-order valence-electron chi connectivity index (χ2n) is 6.62. The Bertz CT molecular complexity index is 1010. The summed E-state index contributed by atoms with van der Waals surface area (Å²) in [4.78, 5) is 16.8. The van der Waals surface area contributed by atoms with Gasteiger partial charge in [0.1, 0.15) is 5.75 Å². The highest BCUT2D eigenvalue weighted by molar-refractivity contribution is 5.85. The van der Waals surface area contributed by atoms with Crippen LogP contribution in [-0.2, 0) is 11.8 Å². The average Bonchev–Trinajstić information content (AvgIpc) is 2.89. The van der Waals surface area contributed by atoms with E-state index >= 15 is 0 Å². The van der Waals surface area contributed by atoms with Crippen LogP contribution in [0.25, 0.3) is 11.0 Å². The first kappa shape index (κ1) is 17.9. The average molecular weight is 353 g/mol. The highest BCUT2D eigenvalue weighted by Crippen LogP contribution is 2.28. The number of pyridine rings is 1. The number of nitrogens with zero attached hydrogens (tertiary/aromatic N) is 3. The third-order valence-corrected chi connectivity index (χ3v) is 4.50. The molecular weight excluding hydrogens is 330 g/mol. The molecule has 0 aliphatic carbocycles. The Kier molecular flexibility index (Phi) is 4.68. The molecule has 0 unspecified atom stereocenters. The minimum atomic E-state index is -0.460. The van der Waals surface area contributed by atoms with Crippen molar-refractivity contribution in [3.63, 3.8) is 0 Å². The van der Waals surface area contributed by atoms with E-state index in [1.54, 1.807) is 11.7 Å². The molecule has 2 aromatic heterocycles. The van der Waals surface area contributed by atoms with Gasteiger partial charge in [-0.3, -0.25) is 0 Å². The van der Waals surface area contributed by atoms with Crippen LogP contribution >= 0.6 is 0 Å². The summed E-state index contributed by atoms with van der Waals surface area (Å²) in [5, 5.41) is 5.16. The number of hydrogen-bond donors (Lipinski definition) is 0. The summed E-state index contributed by atoms with van der Waals surface area (Å²) in [6.45, 7) is 9.54. The van der Waals surface area contributed by atoms with Gasteiger partial charge in [-0.25, -0.2) is 14.5 Å². The minimum Gasteiger partial charge on any atom is -0.464 e. The molecule has 6 heteroatoms. The number of benzene rings is 1. The van der Waals surface area contributed by atoms with Crippen LogP contribution in [-0.4, -0.2) is 27.3 Å². The molecule has 0 radical (unpaired) electrons. The summed E-state index contributed by atoms with van der Waals surface area (Å²) in [6.07, 6.45) is 0. The van der Waals surface area contributed by atoms with Gasteiger partial charge in [0.05, 0.1) is 5.39 Å².